The van der Waals surface area contributed by atoms with Crippen LogP contribution in [0.1, 0.15) is 11.6 Å². The van der Waals surface area contributed by atoms with E-state index in [0.29, 0.717) is 11.0 Å². The quantitative estimate of drug-likeness (QED) is 0.890. The second-order valence-electron chi connectivity index (χ2n) is 6.22. The average Bonchev–Trinajstić information content (AvgIpc) is 2.24. The van der Waals surface area contributed by atoms with Gasteiger partial charge in [0.15, 0.2) is 0 Å². The van der Waals surface area contributed by atoms with Crippen molar-refractivity contribution >= 4 is 5.91 Å². The highest BCUT2D eigenvalue weighted by Gasteiger charge is 2.50. The highest BCUT2D eigenvalue weighted by atomic mass is 19.1. The summed E-state index contributed by atoms with van der Waals surface area (Å²) in [6.45, 7) is 3.64. The minimum absolute atomic E-state index is 0.0677. The van der Waals surface area contributed by atoms with Crippen molar-refractivity contribution in [1.82, 2.24) is 15.1 Å². The molecule has 5 heteroatoms. The van der Waals surface area contributed by atoms with Crippen LogP contribution in [0, 0.1) is 11.2 Å². The molecule has 1 aromatic rings. The molecule has 0 aromatic heterocycles. The van der Waals surface area contributed by atoms with Gasteiger partial charge in [0.2, 0.25) is 5.91 Å². The number of nitrogens with zero attached hydrogens (tertiary/aromatic N) is 2. The van der Waals surface area contributed by atoms with E-state index in [2.05, 4.69) is 5.32 Å². The molecule has 2 saturated heterocycles. The Labute approximate surface area is 118 Å². The normalized spacial score (nSPS) is 21.5. The minimum Gasteiger partial charge on any atom is -0.340 e. The van der Waals surface area contributed by atoms with Crippen LogP contribution in [-0.2, 0) is 4.79 Å². The van der Waals surface area contributed by atoms with Gasteiger partial charge >= 0.3 is 0 Å². The van der Waals surface area contributed by atoms with Crippen LogP contribution in [0.2, 0.25) is 0 Å². The van der Waals surface area contributed by atoms with Crippen molar-refractivity contribution in [3.63, 3.8) is 0 Å². The molecule has 2 aliphatic rings. The van der Waals surface area contributed by atoms with E-state index < -0.39 is 6.04 Å². The number of nitrogens with one attached hydrogen (secondary N) is 1. The van der Waals surface area contributed by atoms with E-state index in [9.17, 15) is 9.18 Å². The number of carbonyl (C=O) groups excluding carboxylic acids is 1. The van der Waals surface area contributed by atoms with Gasteiger partial charge in [-0.25, -0.2) is 4.39 Å². The number of hydrogen-bond donors (Lipinski definition) is 1. The molecule has 2 heterocycles. The van der Waals surface area contributed by atoms with Crippen LogP contribution in [0.5, 0.6) is 0 Å². The molecule has 20 heavy (non-hydrogen) atoms. The molecule has 0 radical (unpaired) electrons. The second-order valence-corrected chi connectivity index (χ2v) is 6.22. The highest BCUT2D eigenvalue weighted by Crippen LogP contribution is 2.36. The van der Waals surface area contributed by atoms with Crippen molar-refractivity contribution in [3.05, 3.63) is 35.6 Å². The molecule has 1 spiro atoms. The van der Waals surface area contributed by atoms with Crippen LogP contribution >= 0.6 is 0 Å². The molecular weight excluding hydrogens is 257 g/mol. The van der Waals surface area contributed by atoms with Crippen molar-refractivity contribution in [2.45, 2.75) is 6.04 Å². The maximum absolute atomic E-state index is 13.4. The number of halogens is 1. The molecule has 0 aliphatic carbocycles. The summed E-state index contributed by atoms with van der Waals surface area (Å²) in [7, 11) is 3.71. The van der Waals surface area contributed by atoms with Crippen LogP contribution in [0.15, 0.2) is 24.3 Å². The molecule has 1 unspecified atom stereocenters. The molecule has 3 rings (SSSR count). The van der Waals surface area contributed by atoms with Crippen molar-refractivity contribution in [1.29, 1.82) is 0 Å². The van der Waals surface area contributed by atoms with Crippen LogP contribution in [0.3, 0.4) is 0 Å². The maximum atomic E-state index is 13.4. The summed E-state index contributed by atoms with van der Waals surface area (Å²) in [6.07, 6.45) is 0. The van der Waals surface area contributed by atoms with E-state index in [-0.39, 0.29) is 11.7 Å². The van der Waals surface area contributed by atoms with Crippen molar-refractivity contribution < 1.29 is 9.18 Å². The molecule has 2 aliphatic heterocycles. The summed E-state index contributed by atoms with van der Waals surface area (Å²) < 4.78 is 13.4. The molecule has 108 valence electrons. The molecule has 4 nitrogen and oxygen atoms in total. The first-order valence-electron chi connectivity index (χ1n) is 6.92. The zero-order valence-electron chi connectivity index (χ0n) is 11.9. The molecule has 1 amide bonds. The van der Waals surface area contributed by atoms with Gasteiger partial charge in [0.05, 0.1) is 0 Å². The first-order valence-corrected chi connectivity index (χ1v) is 6.92. The summed E-state index contributed by atoms with van der Waals surface area (Å²) in [5.41, 5.74) is 1.03. The number of rotatable bonds is 3. The lowest BCUT2D eigenvalue weighted by molar-refractivity contribution is -0.152. The van der Waals surface area contributed by atoms with E-state index >= 15 is 0 Å². The lowest BCUT2D eigenvalue weighted by Gasteiger charge is -2.56. The van der Waals surface area contributed by atoms with Gasteiger partial charge in [-0.2, -0.15) is 0 Å². The van der Waals surface area contributed by atoms with E-state index in [1.54, 1.807) is 6.07 Å². The lowest BCUT2D eigenvalue weighted by Crippen LogP contribution is -2.72. The highest BCUT2D eigenvalue weighted by molar-refractivity contribution is 5.84. The van der Waals surface area contributed by atoms with E-state index in [4.69, 9.17) is 0 Å². The average molecular weight is 277 g/mol. The predicted octanol–water partition coefficient (Wildman–Crippen LogP) is 0.860. The fourth-order valence-corrected chi connectivity index (χ4v) is 3.13. The number of carbonyl (C=O) groups is 1. The van der Waals surface area contributed by atoms with Gasteiger partial charge in [-0.15, -0.1) is 0 Å². The van der Waals surface area contributed by atoms with Crippen LogP contribution < -0.4 is 5.32 Å². The SMILES string of the molecule is CN(C)C(C(=O)N1CC2(CNC2)C1)c1cccc(F)c1. The molecule has 0 bridgehead atoms. The topological polar surface area (TPSA) is 35.6 Å². The Morgan fingerprint density at radius 3 is 2.60 bits per heavy atom. The summed E-state index contributed by atoms with van der Waals surface area (Å²) in [5, 5.41) is 3.26. The van der Waals surface area contributed by atoms with Crippen molar-refractivity contribution in [3.8, 4) is 0 Å². The van der Waals surface area contributed by atoms with E-state index in [1.807, 2.05) is 30.0 Å². The zero-order chi connectivity index (χ0) is 14.3. The monoisotopic (exact) mass is 277 g/mol. The molecule has 1 atom stereocenters. The number of likely N-dealkylation sites (N-methyl/N-ethyl adjacent to an activating group) is 1. The molecular formula is C15H20FN3O. The van der Waals surface area contributed by atoms with Gasteiger partial charge in [-0.05, 0) is 31.8 Å². The Bertz CT molecular complexity index is 520. The molecule has 1 N–H and O–H groups in total. The molecule has 1 aromatic carbocycles. The number of likely N-dealkylation sites (tertiary alicyclic amines) is 1. The third-order valence-electron chi connectivity index (χ3n) is 4.28. The predicted molar refractivity (Wildman–Crippen MR) is 74.7 cm³/mol. The van der Waals surface area contributed by atoms with Crippen LogP contribution in [0.4, 0.5) is 4.39 Å². The standard InChI is InChI=1S/C15H20FN3O/c1-18(2)13(11-4-3-5-12(16)6-11)14(20)19-9-15(10-19)7-17-8-15/h3-6,13,17H,7-10H2,1-2H3. The minimum atomic E-state index is -0.406. The fraction of sp³-hybridized carbons (Fsp3) is 0.533. The number of amides is 1. The zero-order valence-corrected chi connectivity index (χ0v) is 11.9. The Balaban J connectivity index is 1.75. The summed E-state index contributed by atoms with van der Waals surface area (Å²) >= 11 is 0. The Hall–Kier alpha value is -1.46. The maximum Gasteiger partial charge on any atom is 0.244 e. The van der Waals surface area contributed by atoms with Gasteiger partial charge in [0.25, 0.3) is 0 Å². The van der Waals surface area contributed by atoms with E-state index in [1.165, 1.54) is 12.1 Å². The second kappa shape index (κ2) is 4.82. The molecule has 0 saturated carbocycles. The van der Waals surface area contributed by atoms with E-state index in [0.717, 1.165) is 26.2 Å². The number of hydrogen-bond acceptors (Lipinski definition) is 3. The summed E-state index contributed by atoms with van der Waals surface area (Å²) in [5.74, 6) is -0.233. The first kappa shape index (κ1) is 13.5. The fourth-order valence-electron chi connectivity index (χ4n) is 3.13. The third-order valence-corrected chi connectivity index (χ3v) is 4.28. The Morgan fingerprint density at radius 1 is 1.40 bits per heavy atom. The lowest BCUT2D eigenvalue weighted by atomic mass is 9.74. The summed E-state index contributed by atoms with van der Waals surface area (Å²) in [6, 6.07) is 5.91. The van der Waals surface area contributed by atoms with Gasteiger partial charge in [0.1, 0.15) is 11.9 Å². The van der Waals surface area contributed by atoms with Crippen LogP contribution in [0.25, 0.3) is 0 Å². The van der Waals surface area contributed by atoms with Crippen molar-refractivity contribution in [2.24, 2.45) is 5.41 Å². The largest absolute Gasteiger partial charge is 0.340 e. The third kappa shape index (κ3) is 2.21. The van der Waals surface area contributed by atoms with Gasteiger partial charge in [-0.1, -0.05) is 12.1 Å². The van der Waals surface area contributed by atoms with Crippen LogP contribution in [-0.4, -0.2) is 56.0 Å². The first-order chi connectivity index (χ1) is 9.51. The summed E-state index contributed by atoms with van der Waals surface area (Å²) in [4.78, 5) is 16.4. The van der Waals surface area contributed by atoms with Gasteiger partial charge < -0.3 is 10.2 Å². The van der Waals surface area contributed by atoms with Gasteiger partial charge in [0, 0.05) is 31.6 Å². The molecule has 2 fully saturated rings. The Morgan fingerprint density at radius 2 is 2.10 bits per heavy atom. The number of benzene rings is 1. The smallest absolute Gasteiger partial charge is 0.244 e. The van der Waals surface area contributed by atoms with Gasteiger partial charge in [-0.3, -0.25) is 9.69 Å². The van der Waals surface area contributed by atoms with Crippen molar-refractivity contribution in [2.75, 3.05) is 40.3 Å². The Kier molecular flexibility index (Phi) is 3.26.